The normalized spacial score (nSPS) is 11.5. The van der Waals surface area contributed by atoms with Crippen molar-refractivity contribution in [3.63, 3.8) is 0 Å². The van der Waals surface area contributed by atoms with E-state index in [0.29, 0.717) is 6.61 Å². The predicted molar refractivity (Wildman–Crippen MR) is 129 cm³/mol. The minimum absolute atomic E-state index is 0.134. The van der Waals surface area contributed by atoms with E-state index in [0.717, 1.165) is 61.9 Å². The molecule has 30 heavy (non-hydrogen) atoms. The molecule has 0 radical (unpaired) electrons. The summed E-state index contributed by atoms with van der Waals surface area (Å²) >= 11 is 4.65. The molecule has 3 nitrogen and oxygen atoms in total. The van der Waals surface area contributed by atoms with Crippen LogP contribution in [0.1, 0.15) is 70.9 Å². The van der Waals surface area contributed by atoms with Crippen molar-refractivity contribution in [1.29, 1.82) is 0 Å². The van der Waals surface area contributed by atoms with E-state index in [1.807, 2.05) is 6.07 Å². The van der Waals surface area contributed by atoms with Crippen LogP contribution in [-0.4, -0.2) is 26.4 Å². The van der Waals surface area contributed by atoms with E-state index in [9.17, 15) is 0 Å². The van der Waals surface area contributed by atoms with Crippen molar-refractivity contribution in [2.45, 2.75) is 70.1 Å². The smallest absolute Gasteiger partial charge is 0.132 e. The number of ether oxygens (including phenoxy) is 3. The Morgan fingerprint density at radius 1 is 0.733 bits per heavy atom. The first-order valence-electron chi connectivity index (χ1n) is 11.3. The molecule has 0 aliphatic rings. The van der Waals surface area contributed by atoms with Crippen molar-refractivity contribution in [3.05, 3.63) is 53.6 Å². The van der Waals surface area contributed by atoms with Crippen LogP contribution in [0.3, 0.4) is 0 Å². The van der Waals surface area contributed by atoms with Gasteiger partial charge in [0, 0.05) is 29.9 Å². The minimum Gasteiger partial charge on any atom is -0.494 e. The van der Waals surface area contributed by atoms with Crippen molar-refractivity contribution in [2.75, 3.05) is 26.4 Å². The molecule has 0 amide bonds. The number of hydrogen-bond acceptors (Lipinski definition) is 4. The summed E-state index contributed by atoms with van der Waals surface area (Å²) in [5, 5.41) is 0. The molecule has 0 aromatic heterocycles. The van der Waals surface area contributed by atoms with Gasteiger partial charge >= 0.3 is 0 Å². The SMILES string of the molecule is CCCCOCCCOc1ccc(C(C)(C)c2ccc(OCCCC)c(S)c2)cc1. The topological polar surface area (TPSA) is 27.7 Å². The van der Waals surface area contributed by atoms with Crippen molar-refractivity contribution < 1.29 is 14.2 Å². The highest BCUT2D eigenvalue weighted by molar-refractivity contribution is 7.80. The second kappa shape index (κ2) is 12.9. The Hall–Kier alpha value is -1.65. The summed E-state index contributed by atoms with van der Waals surface area (Å²) in [6.07, 6.45) is 5.39. The van der Waals surface area contributed by atoms with E-state index in [1.54, 1.807) is 0 Å². The van der Waals surface area contributed by atoms with Gasteiger partial charge < -0.3 is 14.2 Å². The first kappa shape index (κ1) is 24.6. The van der Waals surface area contributed by atoms with Crippen molar-refractivity contribution in [2.24, 2.45) is 0 Å². The standard InChI is InChI=1S/C26H38O3S/c1-5-7-16-27-17-9-19-28-23-13-10-21(11-14-23)26(3,4)22-12-15-24(25(30)20-22)29-18-8-6-2/h10-15,20,30H,5-9,16-19H2,1-4H3. The largest absolute Gasteiger partial charge is 0.494 e. The molecule has 0 bridgehead atoms. The lowest BCUT2D eigenvalue weighted by Crippen LogP contribution is -2.19. The average molecular weight is 431 g/mol. The fourth-order valence-corrected chi connectivity index (χ4v) is 3.47. The van der Waals surface area contributed by atoms with Crippen LogP contribution in [0.2, 0.25) is 0 Å². The maximum absolute atomic E-state index is 5.86. The number of benzene rings is 2. The van der Waals surface area contributed by atoms with E-state index in [4.69, 9.17) is 14.2 Å². The monoisotopic (exact) mass is 430 g/mol. The molecule has 0 aliphatic carbocycles. The molecule has 0 N–H and O–H groups in total. The van der Waals surface area contributed by atoms with Gasteiger partial charge in [-0.05, 0) is 48.2 Å². The van der Waals surface area contributed by atoms with Gasteiger partial charge in [0.25, 0.3) is 0 Å². The predicted octanol–water partition coefficient (Wildman–Crippen LogP) is 7.07. The van der Waals surface area contributed by atoms with Gasteiger partial charge in [-0.3, -0.25) is 0 Å². The van der Waals surface area contributed by atoms with Crippen molar-refractivity contribution in [1.82, 2.24) is 0 Å². The van der Waals surface area contributed by atoms with E-state index < -0.39 is 0 Å². The summed E-state index contributed by atoms with van der Waals surface area (Å²) < 4.78 is 17.3. The zero-order chi connectivity index (χ0) is 21.8. The minimum atomic E-state index is -0.134. The fourth-order valence-electron chi connectivity index (χ4n) is 3.19. The van der Waals surface area contributed by atoms with Crippen LogP contribution < -0.4 is 9.47 Å². The van der Waals surface area contributed by atoms with Gasteiger partial charge in [0.2, 0.25) is 0 Å². The lowest BCUT2D eigenvalue weighted by Gasteiger charge is -2.27. The quantitative estimate of drug-likeness (QED) is 0.257. The van der Waals surface area contributed by atoms with Gasteiger partial charge in [-0.15, -0.1) is 12.6 Å². The molecule has 0 atom stereocenters. The second-order valence-corrected chi connectivity index (χ2v) is 8.68. The third-order valence-electron chi connectivity index (χ3n) is 5.36. The van der Waals surface area contributed by atoms with Gasteiger partial charge in [-0.25, -0.2) is 0 Å². The van der Waals surface area contributed by atoms with Crippen LogP contribution in [-0.2, 0) is 10.2 Å². The molecule has 4 heteroatoms. The molecule has 0 aliphatic heterocycles. The Bertz CT molecular complexity index is 740. The summed E-state index contributed by atoms with van der Waals surface area (Å²) in [6, 6.07) is 14.7. The molecule has 2 rings (SSSR count). The summed E-state index contributed by atoms with van der Waals surface area (Å²) in [6.45, 7) is 11.8. The Morgan fingerprint density at radius 2 is 1.33 bits per heavy atom. The van der Waals surface area contributed by atoms with Crippen molar-refractivity contribution in [3.8, 4) is 11.5 Å². The molecule has 0 saturated heterocycles. The second-order valence-electron chi connectivity index (χ2n) is 8.20. The van der Waals surface area contributed by atoms with Crippen LogP contribution in [0, 0.1) is 0 Å². The Kier molecular flexibility index (Phi) is 10.6. The molecular formula is C26H38O3S. The fraction of sp³-hybridized carbons (Fsp3) is 0.538. The van der Waals surface area contributed by atoms with Gasteiger partial charge in [-0.2, -0.15) is 0 Å². The molecule has 2 aromatic rings. The third kappa shape index (κ3) is 7.55. The van der Waals surface area contributed by atoms with E-state index in [-0.39, 0.29) is 5.41 Å². The zero-order valence-electron chi connectivity index (χ0n) is 19.1. The van der Waals surface area contributed by atoms with Gasteiger partial charge in [0.1, 0.15) is 11.5 Å². The molecule has 2 aromatic carbocycles. The molecule has 0 saturated carbocycles. The Morgan fingerprint density at radius 3 is 2.00 bits per heavy atom. The lowest BCUT2D eigenvalue weighted by molar-refractivity contribution is 0.117. The van der Waals surface area contributed by atoms with Crippen LogP contribution in [0.25, 0.3) is 0 Å². The lowest BCUT2D eigenvalue weighted by atomic mass is 9.78. The van der Waals surface area contributed by atoms with Gasteiger partial charge in [-0.1, -0.05) is 58.7 Å². The molecule has 166 valence electrons. The molecular weight excluding hydrogens is 392 g/mol. The summed E-state index contributed by atoms with van der Waals surface area (Å²) in [4.78, 5) is 0.887. The number of unbranched alkanes of at least 4 members (excludes halogenated alkanes) is 2. The maximum atomic E-state index is 5.86. The summed E-state index contributed by atoms with van der Waals surface area (Å²) in [7, 11) is 0. The van der Waals surface area contributed by atoms with Crippen LogP contribution in [0.4, 0.5) is 0 Å². The maximum Gasteiger partial charge on any atom is 0.132 e. The van der Waals surface area contributed by atoms with Gasteiger partial charge in [0.05, 0.1) is 13.2 Å². The average Bonchev–Trinajstić information content (AvgIpc) is 2.74. The first-order chi connectivity index (χ1) is 14.5. The van der Waals surface area contributed by atoms with E-state index in [1.165, 1.54) is 17.5 Å². The molecule has 0 spiro atoms. The van der Waals surface area contributed by atoms with E-state index in [2.05, 4.69) is 76.7 Å². The zero-order valence-corrected chi connectivity index (χ0v) is 20.0. The molecule has 0 fully saturated rings. The number of hydrogen-bond donors (Lipinski definition) is 1. The summed E-state index contributed by atoms with van der Waals surface area (Å²) in [5.74, 6) is 1.76. The highest BCUT2D eigenvalue weighted by atomic mass is 32.1. The van der Waals surface area contributed by atoms with Gasteiger partial charge in [0.15, 0.2) is 0 Å². The van der Waals surface area contributed by atoms with Crippen LogP contribution in [0.15, 0.2) is 47.4 Å². The highest BCUT2D eigenvalue weighted by Crippen LogP contribution is 2.36. The number of rotatable bonds is 14. The van der Waals surface area contributed by atoms with Crippen LogP contribution >= 0.6 is 12.6 Å². The summed E-state index contributed by atoms with van der Waals surface area (Å²) in [5.41, 5.74) is 2.32. The Balaban J connectivity index is 1.92. The van der Waals surface area contributed by atoms with Crippen LogP contribution in [0.5, 0.6) is 11.5 Å². The number of thiol groups is 1. The Labute approximate surface area is 188 Å². The molecule has 0 heterocycles. The first-order valence-corrected chi connectivity index (χ1v) is 11.7. The third-order valence-corrected chi connectivity index (χ3v) is 5.71. The van der Waals surface area contributed by atoms with Crippen molar-refractivity contribution >= 4 is 12.6 Å². The highest BCUT2D eigenvalue weighted by Gasteiger charge is 2.24. The molecule has 0 unspecified atom stereocenters. The van der Waals surface area contributed by atoms with E-state index >= 15 is 0 Å².